The zero-order valence-corrected chi connectivity index (χ0v) is 15.3. The van der Waals surface area contributed by atoms with Gasteiger partial charge in [-0.1, -0.05) is 6.07 Å². The predicted octanol–water partition coefficient (Wildman–Crippen LogP) is 2.95. The smallest absolute Gasteiger partial charge is 0.165 e. The number of nitrogens with zero attached hydrogens (tertiary/aromatic N) is 4. The minimum Gasteiger partial charge on any atom is -0.494 e. The number of piperazine rings is 1. The summed E-state index contributed by atoms with van der Waals surface area (Å²) in [5.41, 5.74) is 3.13. The summed E-state index contributed by atoms with van der Waals surface area (Å²) in [5.74, 6) is 1.00. The van der Waals surface area contributed by atoms with Crippen molar-refractivity contribution in [2.75, 3.05) is 31.6 Å². The van der Waals surface area contributed by atoms with E-state index >= 15 is 0 Å². The van der Waals surface area contributed by atoms with Gasteiger partial charge in [-0.25, -0.2) is 14.4 Å². The quantitative estimate of drug-likeness (QED) is 0.853. The van der Waals surface area contributed by atoms with Gasteiger partial charge >= 0.3 is 0 Å². The summed E-state index contributed by atoms with van der Waals surface area (Å²) in [7, 11) is 1.48. The lowest BCUT2D eigenvalue weighted by Gasteiger charge is -2.41. The Kier molecular flexibility index (Phi) is 5.18. The van der Waals surface area contributed by atoms with E-state index in [1.807, 2.05) is 13.0 Å². The van der Waals surface area contributed by atoms with Crippen molar-refractivity contribution in [1.29, 1.82) is 0 Å². The summed E-state index contributed by atoms with van der Waals surface area (Å²) < 4.78 is 18.9. The lowest BCUT2D eigenvalue weighted by molar-refractivity contribution is 0.180. The molecule has 6 heteroatoms. The van der Waals surface area contributed by atoms with Crippen LogP contribution in [0.2, 0.25) is 0 Å². The van der Waals surface area contributed by atoms with Crippen LogP contribution in [0.4, 0.5) is 10.2 Å². The minimum atomic E-state index is -0.307. The van der Waals surface area contributed by atoms with E-state index in [0.717, 1.165) is 48.8 Å². The molecule has 2 heterocycles. The SMILES string of the molecule is COc1ccc(CN2CCN(c3ncnc(C)c3C)CC2C)cc1F. The molecule has 134 valence electrons. The summed E-state index contributed by atoms with van der Waals surface area (Å²) in [6, 6.07) is 5.54. The summed E-state index contributed by atoms with van der Waals surface area (Å²) in [6.07, 6.45) is 1.63. The van der Waals surface area contributed by atoms with E-state index in [4.69, 9.17) is 4.74 Å². The Morgan fingerprint density at radius 1 is 1.24 bits per heavy atom. The molecule has 1 saturated heterocycles. The Bertz CT molecular complexity index is 752. The van der Waals surface area contributed by atoms with Gasteiger partial charge in [0.05, 0.1) is 7.11 Å². The molecular weight excluding hydrogens is 319 g/mol. The van der Waals surface area contributed by atoms with Crippen molar-refractivity contribution >= 4 is 5.82 Å². The maximum Gasteiger partial charge on any atom is 0.165 e. The van der Waals surface area contributed by atoms with E-state index in [1.54, 1.807) is 18.5 Å². The highest BCUT2D eigenvalue weighted by molar-refractivity contribution is 5.48. The average molecular weight is 344 g/mol. The molecule has 0 radical (unpaired) electrons. The molecule has 0 bridgehead atoms. The van der Waals surface area contributed by atoms with Crippen LogP contribution in [0, 0.1) is 19.7 Å². The van der Waals surface area contributed by atoms with Crippen LogP contribution >= 0.6 is 0 Å². The summed E-state index contributed by atoms with van der Waals surface area (Å²) in [4.78, 5) is 13.4. The van der Waals surface area contributed by atoms with E-state index in [0.29, 0.717) is 6.04 Å². The molecular formula is C19H25FN4O. The topological polar surface area (TPSA) is 41.5 Å². The lowest BCUT2D eigenvalue weighted by Crippen LogP contribution is -2.51. The Labute approximate surface area is 148 Å². The molecule has 0 aliphatic carbocycles. The molecule has 1 aliphatic rings. The fourth-order valence-electron chi connectivity index (χ4n) is 3.31. The first kappa shape index (κ1) is 17.6. The van der Waals surface area contributed by atoms with Crippen molar-refractivity contribution in [3.8, 4) is 5.75 Å². The van der Waals surface area contributed by atoms with Crippen LogP contribution in [-0.4, -0.2) is 47.7 Å². The number of aryl methyl sites for hydroxylation is 1. The molecule has 0 saturated carbocycles. The molecule has 3 rings (SSSR count). The van der Waals surface area contributed by atoms with Gasteiger partial charge in [0.25, 0.3) is 0 Å². The summed E-state index contributed by atoms with van der Waals surface area (Å²) >= 11 is 0. The number of hydrogen-bond acceptors (Lipinski definition) is 5. The molecule has 1 aromatic carbocycles. The number of ether oxygens (including phenoxy) is 1. The third kappa shape index (κ3) is 3.74. The first-order valence-corrected chi connectivity index (χ1v) is 8.59. The molecule has 1 aromatic heterocycles. The number of hydrogen-bond donors (Lipinski definition) is 0. The first-order chi connectivity index (χ1) is 12.0. The van der Waals surface area contributed by atoms with Crippen molar-refractivity contribution < 1.29 is 9.13 Å². The number of methoxy groups -OCH3 is 1. The van der Waals surface area contributed by atoms with E-state index in [9.17, 15) is 4.39 Å². The number of anilines is 1. The number of aromatic nitrogens is 2. The lowest BCUT2D eigenvalue weighted by atomic mass is 10.1. The third-order valence-electron chi connectivity index (χ3n) is 4.98. The fraction of sp³-hybridized carbons (Fsp3) is 0.474. The van der Waals surface area contributed by atoms with E-state index < -0.39 is 0 Å². The number of halogens is 1. The number of rotatable bonds is 4. The van der Waals surface area contributed by atoms with Gasteiger partial charge in [0.15, 0.2) is 11.6 Å². The van der Waals surface area contributed by atoms with Gasteiger partial charge in [0.1, 0.15) is 12.1 Å². The van der Waals surface area contributed by atoms with Crippen LogP contribution in [0.3, 0.4) is 0 Å². The van der Waals surface area contributed by atoms with Gasteiger partial charge < -0.3 is 9.64 Å². The van der Waals surface area contributed by atoms with Crippen molar-refractivity contribution in [2.24, 2.45) is 0 Å². The monoisotopic (exact) mass is 344 g/mol. The minimum absolute atomic E-state index is 0.288. The maximum atomic E-state index is 13.9. The summed E-state index contributed by atoms with van der Waals surface area (Å²) in [5, 5.41) is 0. The maximum absolute atomic E-state index is 13.9. The zero-order chi connectivity index (χ0) is 18.0. The molecule has 1 atom stereocenters. The Morgan fingerprint density at radius 2 is 2.04 bits per heavy atom. The molecule has 0 N–H and O–H groups in total. The van der Waals surface area contributed by atoms with Crippen LogP contribution in [0.15, 0.2) is 24.5 Å². The normalized spacial score (nSPS) is 18.4. The van der Waals surface area contributed by atoms with Crippen LogP contribution < -0.4 is 9.64 Å². The highest BCUT2D eigenvalue weighted by Crippen LogP contribution is 2.24. The fourth-order valence-corrected chi connectivity index (χ4v) is 3.31. The van der Waals surface area contributed by atoms with Gasteiger partial charge in [-0.15, -0.1) is 0 Å². The molecule has 2 aromatic rings. The average Bonchev–Trinajstić information content (AvgIpc) is 2.59. The van der Waals surface area contributed by atoms with Crippen molar-refractivity contribution in [3.05, 3.63) is 47.2 Å². The molecule has 25 heavy (non-hydrogen) atoms. The standard InChI is InChI=1S/C19H25FN4O/c1-13-10-24(19-14(2)15(3)21-12-22-19)8-7-23(13)11-16-5-6-18(25-4)17(20)9-16/h5-6,9,12-13H,7-8,10-11H2,1-4H3. The van der Waals surface area contributed by atoms with Gasteiger partial charge in [0, 0.05) is 43.5 Å². The highest BCUT2D eigenvalue weighted by Gasteiger charge is 2.26. The first-order valence-electron chi connectivity index (χ1n) is 8.59. The van der Waals surface area contributed by atoms with E-state index in [-0.39, 0.29) is 11.6 Å². The molecule has 0 amide bonds. The van der Waals surface area contributed by atoms with Gasteiger partial charge in [-0.05, 0) is 38.5 Å². The molecule has 5 nitrogen and oxygen atoms in total. The Hall–Kier alpha value is -2.21. The van der Waals surface area contributed by atoms with Gasteiger partial charge in [0.2, 0.25) is 0 Å². The molecule has 1 aliphatic heterocycles. The van der Waals surface area contributed by atoms with Crippen LogP contribution in [0.1, 0.15) is 23.7 Å². The van der Waals surface area contributed by atoms with Crippen LogP contribution in [0.5, 0.6) is 5.75 Å². The molecule has 0 spiro atoms. The highest BCUT2D eigenvalue weighted by atomic mass is 19.1. The van der Waals surface area contributed by atoms with Gasteiger partial charge in [-0.3, -0.25) is 4.90 Å². The van der Waals surface area contributed by atoms with Gasteiger partial charge in [-0.2, -0.15) is 0 Å². The van der Waals surface area contributed by atoms with Crippen molar-refractivity contribution in [2.45, 2.75) is 33.4 Å². The molecule has 1 unspecified atom stereocenters. The van der Waals surface area contributed by atoms with E-state index in [2.05, 4.69) is 33.6 Å². The second kappa shape index (κ2) is 7.35. The molecule has 1 fully saturated rings. The Morgan fingerprint density at radius 3 is 2.72 bits per heavy atom. The van der Waals surface area contributed by atoms with Crippen LogP contribution in [0.25, 0.3) is 0 Å². The summed E-state index contributed by atoms with van der Waals surface area (Å²) in [6.45, 7) is 9.74. The Balaban J connectivity index is 1.68. The van der Waals surface area contributed by atoms with Crippen LogP contribution in [-0.2, 0) is 6.54 Å². The zero-order valence-electron chi connectivity index (χ0n) is 15.3. The third-order valence-corrected chi connectivity index (χ3v) is 4.98. The largest absolute Gasteiger partial charge is 0.494 e. The van der Waals surface area contributed by atoms with Crippen molar-refractivity contribution in [1.82, 2.24) is 14.9 Å². The second-order valence-corrected chi connectivity index (χ2v) is 6.64. The number of benzene rings is 1. The predicted molar refractivity (Wildman–Crippen MR) is 96.5 cm³/mol. The van der Waals surface area contributed by atoms with Crippen molar-refractivity contribution in [3.63, 3.8) is 0 Å². The second-order valence-electron chi connectivity index (χ2n) is 6.64. The van der Waals surface area contributed by atoms with E-state index in [1.165, 1.54) is 7.11 Å².